The van der Waals surface area contributed by atoms with Gasteiger partial charge in [0.25, 0.3) is 0 Å². The van der Waals surface area contributed by atoms with Gasteiger partial charge in [0.05, 0.1) is 10.9 Å². The van der Waals surface area contributed by atoms with Gasteiger partial charge in [-0.25, -0.2) is 17.5 Å². The van der Waals surface area contributed by atoms with Crippen molar-refractivity contribution in [3.63, 3.8) is 0 Å². The normalized spacial score (nSPS) is 14.2. The second-order valence-corrected chi connectivity index (χ2v) is 8.69. The Morgan fingerprint density at radius 2 is 2.00 bits per heavy atom. The van der Waals surface area contributed by atoms with Crippen LogP contribution in [0.25, 0.3) is 0 Å². The standard InChI is InChI=1S/C20H22FN5O3S/c1-3-26-19(13(2)25-30(27,28)17-8-5-15(21)6-9-17)23-24-20(26)29-16-7-4-14-10-11-22-18(14)12-16/h4-9,12-13,22,25H,3,10-11H2,1-2H3/t13-/m1/s1. The molecule has 0 bridgehead atoms. The topological polar surface area (TPSA) is 98.1 Å². The number of anilines is 1. The number of halogens is 1. The van der Waals surface area contributed by atoms with Crippen molar-refractivity contribution < 1.29 is 17.5 Å². The Hall–Kier alpha value is -2.98. The zero-order chi connectivity index (χ0) is 21.3. The highest BCUT2D eigenvalue weighted by molar-refractivity contribution is 7.89. The van der Waals surface area contributed by atoms with Gasteiger partial charge in [-0.1, -0.05) is 11.2 Å². The van der Waals surface area contributed by atoms with Crippen LogP contribution in [0.15, 0.2) is 47.4 Å². The summed E-state index contributed by atoms with van der Waals surface area (Å²) in [5.74, 6) is 0.532. The maximum absolute atomic E-state index is 13.1. The van der Waals surface area contributed by atoms with Crippen molar-refractivity contribution in [2.24, 2.45) is 0 Å². The van der Waals surface area contributed by atoms with Gasteiger partial charge in [-0.2, -0.15) is 0 Å². The molecule has 2 heterocycles. The number of nitrogens with one attached hydrogen (secondary N) is 2. The Morgan fingerprint density at radius 3 is 2.73 bits per heavy atom. The van der Waals surface area contributed by atoms with Gasteiger partial charge >= 0.3 is 6.01 Å². The molecular weight excluding hydrogens is 409 g/mol. The first-order chi connectivity index (χ1) is 14.4. The van der Waals surface area contributed by atoms with Crippen molar-refractivity contribution in [1.82, 2.24) is 19.5 Å². The quantitative estimate of drug-likeness (QED) is 0.596. The number of benzene rings is 2. The molecule has 0 aliphatic carbocycles. The lowest BCUT2D eigenvalue weighted by Gasteiger charge is -2.15. The summed E-state index contributed by atoms with van der Waals surface area (Å²) in [5.41, 5.74) is 2.28. The molecule has 4 rings (SSSR count). The molecule has 10 heteroatoms. The van der Waals surface area contributed by atoms with Crippen LogP contribution >= 0.6 is 0 Å². The molecule has 0 unspecified atom stereocenters. The van der Waals surface area contributed by atoms with Gasteiger partial charge in [0.15, 0.2) is 5.82 Å². The Bertz CT molecular complexity index is 1160. The molecule has 1 atom stereocenters. The van der Waals surface area contributed by atoms with Crippen molar-refractivity contribution in [2.45, 2.75) is 37.8 Å². The van der Waals surface area contributed by atoms with E-state index in [1.165, 1.54) is 17.7 Å². The molecule has 1 aromatic heterocycles. The summed E-state index contributed by atoms with van der Waals surface area (Å²) < 4.78 is 48.5. The molecule has 0 saturated carbocycles. The van der Waals surface area contributed by atoms with Gasteiger partial charge in [0, 0.05) is 24.8 Å². The summed E-state index contributed by atoms with van der Waals surface area (Å²) in [4.78, 5) is -0.0274. The number of ether oxygens (including phenoxy) is 1. The van der Waals surface area contributed by atoms with Gasteiger partial charge in [-0.15, -0.1) is 5.10 Å². The number of hydrogen-bond donors (Lipinski definition) is 2. The van der Waals surface area contributed by atoms with E-state index in [1.54, 1.807) is 11.5 Å². The van der Waals surface area contributed by atoms with E-state index in [4.69, 9.17) is 4.74 Å². The van der Waals surface area contributed by atoms with Crippen molar-refractivity contribution in [3.05, 3.63) is 59.7 Å². The fourth-order valence-corrected chi connectivity index (χ4v) is 4.60. The molecule has 0 saturated heterocycles. The number of fused-ring (bicyclic) bond motifs is 1. The molecule has 30 heavy (non-hydrogen) atoms. The first kappa shape index (κ1) is 20.3. The number of nitrogens with zero attached hydrogens (tertiary/aromatic N) is 3. The minimum atomic E-state index is -3.85. The Kier molecular flexibility index (Phi) is 5.44. The van der Waals surface area contributed by atoms with E-state index in [1.807, 2.05) is 25.1 Å². The van der Waals surface area contributed by atoms with Crippen LogP contribution in [0.3, 0.4) is 0 Å². The molecular formula is C20H22FN5O3S. The van der Waals surface area contributed by atoms with Gasteiger partial charge in [-0.05, 0) is 56.2 Å². The maximum atomic E-state index is 13.1. The number of hydrogen-bond acceptors (Lipinski definition) is 6. The van der Waals surface area contributed by atoms with Crippen LogP contribution in [0.5, 0.6) is 11.8 Å². The third-order valence-corrected chi connectivity index (χ3v) is 6.46. The molecule has 8 nitrogen and oxygen atoms in total. The van der Waals surface area contributed by atoms with Crippen molar-refractivity contribution >= 4 is 15.7 Å². The fourth-order valence-electron chi connectivity index (χ4n) is 3.40. The molecule has 158 valence electrons. The minimum Gasteiger partial charge on any atom is -0.424 e. The summed E-state index contributed by atoms with van der Waals surface area (Å²) >= 11 is 0. The second-order valence-electron chi connectivity index (χ2n) is 6.98. The molecule has 0 radical (unpaired) electrons. The average Bonchev–Trinajstić information content (AvgIpc) is 3.34. The fraction of sp³-hybridized carbons (Fsp3) is 0.300. The zero-order valence-corrected chi connectivity index (χ0v) is 17.4. The van der Waals surface area contributed by atoms with E-state index >= 15 is 0 Å². The van der Waals surface area contributed by atoms with Gasteiger partial charge in [0.2, 0.25) is 10.0 Å². The Morgan fingerprint density at radius 1 is 1.23 bits per heavy atom. The maximum Gasteiger partial charge on any atom is 0.322 e. The van der Waals surface area contributed by atoms with Crippen LogP contribution in [-0.2, 0) is 23.0 Å². The number of sulfonamides is 1. The molecule has 0 amide bonds. The average molecular weight is 431 g/mol. The highest BCUT2D eigenvalue weighted by Crippen LogP contribution is 2.30. The lowest BCUT2D eigenvalue weighted by molar-refractivity contribution is 0.408. The van der Waals surface area contributed by atoms with Crippen LogP contribution < -0.4 is 14.8 Å². The van der Waals surface area contributed by atoms with E-state index in [2.05, 4.69) is 20.2 Å². The predicted molar refractivity (Wildman–Crippen MR) is 110 cm³/mol. The van der Waals surface area contributed by atoms with Crippen LogP contribution in [0.1, 0.15) is 31.3 Å². The van der Waals surface area contributed by atoms with Gasteiger partial charge in [0.1, 0.15) is 11.6 Å². The van der Waals surface area contributed by atoms with Crippen LogP contribution in [0.2, 0.25) is 0 Å². The van der Waals surface area contributed by atoms with Crippen molar-refractivity contribution in [3.8, 4) is 11.8 Å². The van der Waals surface area contributed by atoms with E-state index < -0.39 is 21.9 Å². The third-order valence-electron chi connectivity index (χ3n) is 4.91. The summed E-state index contributed by atoms with van der Waals surface area (Å²) in [6.45, 7) is 4.95. The first-order valence-corrected chi connectivity index (χ1v) is 11.1. The van der Waals surface area contributed by atoms with Crippen molar-refractivity contribution in [1.29, 1.82) is 0 Å². The van der Waals surface area contributed by atoms with Crippen LogP contribution in [0, 0.1) is 5.82 Å². The Balaban J connectivity index is 1.54. The monoisotopic (exact) mass is 431 g/mol. The molecule has 0 spiro atoms. The van der Waals surface area contributed by atoms with E-state index in [0.29, 0.717) is 18.1 Å². The number of aromatic nitrogens is 3. The van der Waals surface area contributed by atoms with Gasteiger partial charge in [-0.3, -0.25) is 4.57 Å². The smallest absolute Gasteiger partial charge is 0.322 e. The predicted octanol–water partition coefficient (Wildman–Crippen LogP) is 3.24. The lowest BCUT2D eigenvalue weighted by Crippen LogP contribution is -2.29. The molecule has 0 fully saturated rings. The number of rotatable bonds is 7. The van der Waals surface area contributed by atoms with E-state index in [0.717, 1.165) is 30.8 Å². The van der Waals surface area contributed by atoms with Crippen LogP contribution in [0.4, 0.5) is 10.1 Å². The summed E-state index contributed by atoms with van der Waals surface area (Å²) in [7, 11) is -3.85. The Labute approximate surface area is 174 Å². The molecule has 1 aliphatic rings. The molecule has 2 aromatic carbocycles. The highest BCUT2D eigenvalue weighted by atomic mass is 32.2. The SMILES string of the molecule is CCn1c(Oc2ccc3c(c2)NCC3)nnc1[C@@H](C)NS(=O)(=O)c1ccc(F)cc1. The van der Waals surface area contributed by atoms with Crippen LogP contribution in [-0.4, -0.2) is 29.7 Å². The minimum absolute atomic E-state index is 0.0274. The van der Waals surface area contributed by atoms with Gasteiger partial charge < -0.3 is 10.1 Å². The summed E-state index contributed by atoms with van der Waals surface area (Å²) in [6.07, 6.45) is 0.983. The first-order valence-electron chi connectivity index (χ1n) is 9.63. The third kappa shape index (κ3) is 4.01. The summed E-state index contributed by atoms with van der Waals surface area (Å²) in [6, 6.07) is 10.0. The largest absolute Gasteiger partial charge is 0.424 e. The lowest BCUT2D eigenvalue weighted by atomic mass is 10.2. The van der Waals surface area contributed by atoms with E-state index in [9.17, 15) is 12.8 Å². The molecule has 1 aliphatic heterocycles. The highest BCUT2D eigenvalue weighted by Gasteiger charge is 2.24. The zero-order valence-electron chi connectivity index (χ0n) is 16.6. The van der Waals surface area contributed by atoms with Crippen molar-refractivity contribution in [2.75, 3.05) is 11.9 Å². The summed E-state index contributed by atoms with van der Waals surface area (Å²) in [5, 5.41) is 11.5. The second kappa shape index (κ2) is 8.04. The van der Waals surface area contributed by atoms with E-state index in [-0.39, 0.29) is 10.9 Å². The molecule has 3 aromatic rings. The molecule has 2 N–H and O–H groups in total.